The molecule has 100 valence electrons. The Bertz CT molecular complexity index is 355. The van der Waals surface area contributed by atoms with E-state index in [0.717, 1.165) is 19.5 Å². The summed E-state index contributed by atoms with van der Waals surface area (Å²) >= 11 is 0. The van der Waals surface area contributed by atoms with Gasteiger partial charge < -0.3 is 10.8 Å². The molecule has 1 aliphatic rings. The molecule has 0 bridgehead atoms. The first-order valence-electron chi connectivity index (χ1n) is 6.88. The lowest BCUT2D eigenvalue weighted by Gasteiger charge is -2.29. The Labute approximate surface area is 110 Å². The van der Waals surface area contributed by atoms with Gasteiger partial charge in [0.1, 0.15) is 0 Å². The monoisotopic (exact) mass is 248 g/mol. The van der Waals surface area contributed by atoms with Gasteiger partial charge in [0.05, 0.1) is 6.61 Å². The van der Waals surface area contributed by atoms with Gasteiger partial charge in [0, 0.05) is 18.6 Å². The summed E-state index contributed by atoms with van der Waals surface area (Å²) in [6, 6.07) is 10.7. The SMILES string of the molecule is CC(CN1CCCC1CO)C(N)c1ccccc1. The zero-order valence-electron chi connectivity index (χ0n) is 11.1. The summed E-state index contributed by atoms with van der Waals surface area (Å²) in [6.07, 6.45) is 2.31. The number of hydrogen-bond donors (Lipinski definition) is 2. The maximum atomic E-state index is 9.33. The van der Waals surface area contributed by atoms with Crippen LogP contribution in [0.4, 0.5) is 0 Å². The third-order valence-corrected chi connectivity index (χ3v) is 4.03. The predicted molar refractivity (Wildman–Crippen MR) is 74.2 cm³/mol. The summed E-state index contributed by atoms with van der Waals surface area (Å²) in [6.45, 7) is 4.54. The lowest BCUT2D eigenvalue weighted by molar-refractivity contribution is 0.139. The van der Waals surface area contributed by atoms with Crippen molar-refractivity contribution in [3.05, 3.63) is 35.9 Å². The number of rotatable bonds is 5. The van der Waals surface area contributed by atoms with Gasteiger partial charge in [-0.2, -0.15) is 0 Å². The van der Waals surface area contributed by atoms with E-state index >= 15 is 0 Å². The van der Waals surface area contributed by atoms with Gasteiger partial charge in [-0.3, -0.25) is 4.90 Å². The molecule has 0 amide bonds. The first-order valence-corrected chi connectivity index (χ1v) is 6.88. The van der Waals surface area contributed by atoms with Crippen LogP contribution in [0.15, 0.2) is 30.3 Å². The maximum Gasteiger partial charge on any atom is 0.0586 e. The van der Waals surface area contributed by atoms with Crippen molar-refractivity contribution in [1.29, 1.82) is 0 Å². The Morgan fingerprint density at radius 1 is 1.39 bits per heavy atom. The van der Waals surface area contributed by atoms with Crippen LogP contribution in [-0.4, -0.2) is 35.7 Å². The highest BCUT2D eigenvalue weighted by molar-refractivity contribution is 5.19. The summed E-state index contributed by atoms with van der Waals surface area (Å²) in [7, 11) is 0. The van der Waals surface area contributed by atoms with Gasteiger partial charge in [-0.1, -0.05) is 37.3 Å². The molecular weight excluding hydrogens is 224 g/mol. The Morgan fingerprint density at radius 3 is 2.78 bits per heavy atom. The molecule has 3 heteroatoms. The van der Waals surface area contributed by atoms with Crippen molar-refractivity contribution in [2.24, 2.45) is 11.7 Å². The van der Waals surface area contributed by atoms with Crippen LogP contribution in [0.5, 0.6) is 0 Å². The summed E-state index contributed by atoms with van der Waals surface area (Å²) < 4.78 is 0. The number of benzene rings is 1. The number of likely N-dealkylation sites (tertiary alicyclic amines) is 1. The number of aliphatic hydroxyl groups is 1. The van der Waals surface area contributed by atoms with E-state index in [1.54, 1.807) is 0 Å². The Morgan fingerprint density at radius 2 is 2.11 bits per heavy atom. The average molecular weight is 248 g/mol. The molecular formula is C15H24N2O. The minimum Gasteiger partial charge on any atom is -0.395 e. The van der Waals surface area contributed by atoms with E-state index in [9.17, 15) is 5.11 Å². The van der Waals surface area contributed by atoms with Crippen LogP contribution in [0.2, 0.25) is 0 Å². The van der Waals surface area contributed by atoms with E-state index in [1.165, 1.54) is 12.0 Å². The third kappa shape index (κ3) is 3.10. The van der Waals surface area contributed by atoms with Crippen LogP contribution in [0.25, 0.3) is 0 Å². The zero-order valence-corrected chi connectivity index (χ0v) is 11.1. The largest absolute Gasteiger partial charge is 0.395 e. The Hall–Kier alpha value is -0.900. The van der Waals surface area contributed by atoms with Gasteiger partial charge in [0.25, 0.3) is 0 Å². The maximum absolute atomic E-state index is 9.33. The van der Waals surface area contributed by atoms with Crippen LogP contribution in [-0.2, 0) is 0 Å². The summed E-state index contributed by atoms with van der Waals surface area (Å²) in [5.74, 6) is 0.402. The van der Waals surface area contributed by atoms with Gasteiger partial charge >= 0.3 is 0 Å². The van der Waals surface area contributed by atoms with Crippen molar-refractivity contribution in [2.75, 3.05) is 19.7 Å². The molecule has 0 aliphatic carbocycles. The quantitative estimate of drug-likeness (QED) is 0.835. The van der Waals surface area contributed by atoms with Gasteiger partial charge in [0.2, 0.25) is 0 Å². The molecule has 1 heterocycles. The zero-order chi connectivity index (χ0) is 13.0. The molecule has 1 aliphatic heterocycles. The second kappa shape index (κ2) is 6.32. The number of nitrogens with two attached hydrogens (primary N) is 1. The fourth-order valence-corrected chi connectivity index (χ4v) is 2.83. The number of hydrogen-bond acceptors (Lipinski definition) is 3. The first kappa shape index (κ1) is 13.5. The van der Waals surface area contributed by atoms with E-state index in [0.29, 0.717) is 12.0 Å². The molecule has 2 rings (SSSR count). The fraction of sp³-hybridized carbons (Fsp3) is 0.600. The smallest absolute Gasteiger partial charge is 0.0586 e. The lowest BCUT2D eigenvalue weighted by Crippen LogP contribution is -2.38. The Balaban J connectivity index is 1.93. The van der Waals surface area contributed by atoms with E-state index in [2.05, 4.69) is 24.0 Å². The molecule has 1 aromatic carbocycles. The summed E-state index contributed by atoms with van der Waals surface area (Å²) in [5, 5.41) is 9.33. The van der Waals surface area contributed by atoms with Crippen LogP contribution in [0.1, 0.15) is 31.4 Å². The van der Waals surface area contributed by atoms with Crippen molar-refractivity contribution in [3.63, 3.8) is 0 Å². The van der Waals surface area contributed by atoms with Crippen molar-refractivity contribution in [2.45, 2.75) is 31.8 Å². The second-order valence-corrected chi connectivity index (χ2v) is 5.39. The van der Waals surface area contributed by atoms with Crippen LogP contribution in [0, 0.1) is 5.92 Å². The van der Waals surface area contributed by atoms with Crippen molar-refractivity contribution >= 4 is 0 Å². The van der Waals surface area contributed by atoms with Crippen molar-refractivity contribution in [3.8, 4) is 0 Å². The molecule has 0 spiro atoms. The molecule has 0 radical (unpaired) electrons. The topological polar surface area (TPSA) is 49.5 Å². The summed E-state index contributed by atoms with van der Waals surface area (Å²) in [4.78, 5) is 2.38. The Kier molecular flexibility index (Phi) is 4.75. The van der Waals surface area contributed by atoms with Crippen molar-refractivity contribution < 1.29 is 5.11 Å². The van der Waals surface area contributed by atoms with Crippen LogP contribution >= 0.6 is 0 Å². The van der Waals surface area contributed by atoms with E-state index < -0.39 is 0 Å². The standard InChI is InChI=1S/C15H24N2O/c1-12(10-17-9-5-8-14(17)11-18)15(16)13-6-3-2-4-7-13/h2-4,6-7,12,14-15,18H,5,8-11,16H2,1H3. The van der Waals surface area contributed by atoms with E-state index in [4.69, 9.17) is 5.73 Å². The molecule has 1 saturated heterocycles. The molecule has 3 atom stereocenters. The van der Waals surface area contributed by atoms with Gasteiger partial charge in [-0.05, 0) is 30.9 Å². The van der Waals surface area contributed by atoms with E-state index in [1.807, 2.05) is 18.2 Å². The predicted octanol–water partition coefficient (Wildman–Crippen LogP) is 1.78. The average Bonchev–Trinajstić information content (AvgIpc) is 2.86. The summed E-state index contributed by atoms with van der Waals surface area (Å²) in [5.41, 5.74) is 7.51. The minimum atomic E-state index is 0.0751. The van der Waals surface area contributed by atoms with Gasteiger partial charge in [0.15, 0.2) is 0 Å². The van der Waals surface area contributed by atoms with E-state index in [-0.39, 0.29) is 12.6 Å². The molecule has 0 aromatic heterocycles. The first-order chi connectivity index (χ1) is 8.72. The normalized spacial score (nSPS) is 24.1. The second-order valence-electron chi connectivity index (χ2n) is 5.39. The highest BCUT2D eigenvalue weighted by atomic mass is 16.3. The molecule has 3 N–H and O–H groups in total. The molecule has 1 aromatic rings. The molecule has 3 unspecified atom stereocenters. The number of aliphatic hydroxyl groups excluding tert-OH is 1. The van der Waals surface area contributed by atoms with Gasteiger partial charge in [-0.15, -0.1) is 0 Å². The fourth-order valence-electron chi connectivity index (χ4n) is 2.83. The van der Waals surface area contributed by atoms with Crippen molar-refractivity contribution in [1.82, 2.24) is 4.90 Å². The highest BCUT2D eigenvalue weighted by Crippen LogP contribution is 2.24. The lowest BCUT2D eigenvalue weighted by atomic mass is 9.95. The molecule has 1 fully saturated rings. The molecule has 3 nitrogen and oxygen atoms in total. The van der Waals surface area contributed by atoms with Gasteiger partial charge in [-0.25, -0.2) is 0 Å². The van der Waals surface area contributed by atoms with Crippen LogP contribution < -0.4 is 5.73 Å². The number of nitrogens with zero attached hydrogens (tertiary/aromatic N) is 1. The minimum absolute atomic E-state index is 0.0751. The molecule has 0 saturated carbocycles. The molecule has 18 heavy (non-hydrogen) atoms. The van der Waals surface area contributed by atoms with Crippen LogP contribution in [0.3, 0.4) is 0 Å². The highest BCUT2D eigenvalue weighted by Gasteiger charge is 2.26. The third-order valence-electron chi connectivity index (χ3n) is 4.03.